The quantitative estimate of drug-likeness (QED) is 0.647. The zero-order valence-corrected chi connectivity index (χ0v) is 14.1. The van der Waals surface area contributed by atoms with Gasteiger partial charge in [-0.2, -0.15) is 9.40 Å². The Morgan fingerprint density at radius 3 is 2.00 bits per heavy atom. The fourth-order valence-electron chi connectivity index (χ4n) is 1.68. The molecule has 0 atom stereocenters. The molecular weight excluding hydrogens is 338 g/mol. The van der Waals surface area contributed by atoms with Crippen molar-refractivity contribution >= 4 is 33.6 Å². The van der Waals surface area contributed by atoms with Crippen molar-refractivity contribution in [3.8, 4) is 0 Å². The van der Waals surface area contributed by atoms with Crippen LogP contribution < -0.4 is 0 Å². The standard InChI is InChI=1S/C11H16ClN3O6S/c1-7-10(11(12)14(2)13-7)22(18,19)15(5-8(16)20-3)6-9(17)21-4/h5-6H2,1-4H3. The summed E-state index contributed by atoms with van der Waals surface area (Å²) < 4.78 is 36.0. The molecule has 0 amide bonds. The number of rotatable bonds is 6. The molecule has 0 bridgehead atoms. The number of ether oxygens (including phenoxy) is 2. The summed E-state index contributed by atoms with van der Waals surface area (Å²) in [7, 11) is -0.554. The van der Waals surface area contributed by atoms with Crippen LogP contribution >= 0.6 is 11.6 Å². The van der Waals surface area contributed by atoms with Crippen molar-refractivity contribution < 1.29 is 27.5 Å². The number of hydrogen-bond donors (Lipinski definition) is 0. The number of carbonyl (C=O) groups is 2. The van der Waals surface area contributed by atoms with Crippen LogP contribution in [0.5, 0.6) is 0 Å². The highest BCUT2D eigenvalue weighted by Gasteiger charge is 2.34. The van der Waals surface area contributed by atoms with E-state index in [4.69, 9.17) is 11.6 Å². The van der Waals surface area contributed by atoms with Gasteiger partial charge in [-0.3, -0.25) is 14.3 Å². The number of carbonyl (C=O) groups excluding carboxylic acids is 2. The van der Waals surface area contributed by atoms with Gasteiger partial charge < -0.3 is 9.47 Å². The Labute approximate surface area is 132 Å². The predicted molar refractivity (Wildman–Crippen MR) is 75.7 cm³/mol. The van der Waals surface area contributed by atoms with Crippen LogP contribution in [0.1, 0.15) is 5.69 Å². The van der Waals surface area contributed by atoms with E-state index in [1.54, 1.807) is 0 Å². The lowest BCUT2D eigenvalue weighted by Crippen LogP contribution is -2.40. The first-order chi connectivity index (χ1) is 10.1. The fourth-order valence-corrected chi connectivity index (χ4v) is 3.71. The molecule has 1 aromatic rings. The van der Waals surface area contributed by atoms with Crippen molar-refractivity contribution in [3.05, 3.63) is 10.8 Å². The maximum absolute atomic E-state index is 12.7. The molecule has 22 heavy (non-hydrogen) atoms. The van der Waals surface area contributed by atoms with Crippen LogP contribution in [0.4, 0.5) is 0 Å². The Morgan fingerprint density at radius 1 is 1.23 bits per heavy atom. The number of esters is 2. The van der Waals surface area contributed by atoms with Crippen molar-refractivity contribution in [1.82, 2.24) is 14.1 Å². The molecule has 0 saturated heterocycles. The van der Waals surface area contributed by atoms with Crippen molar-refractivity contribution in [1.29, 1.82) is 0 Å². The van der Waals surface area contributed by atoms with Crippen molar-refractivity contribution in [2.45, 2.75) is 11.8 Å². The fraction of sp³-hybridized carbons (Fsp3) is 0.545. The third kappa shape index (κ3) is 3.76. The molecule has 1 rings (SSSR count). The number of nitrogens with zero attached hydrogens (tertiary/aromatic N) is 3. The lowest BCUT2D eigenvalue weighted by molar-refractivity contribution is -0.143. The molecule has 0 aromatic carbocycles. The van der Waals surface area contributed by atoms with Gasteiger partial charge in [0.2, 0.25) is 10.0 Å². The first-order valence-electron chi connectivity index (χ1n) is 5.98. The number of sulfonamides is 1. The van der Waals surface area contributed by atoms with E-state index in [0.29, 0.717) is 4.31 Å². The zero-order chi connectivity index (χ0) is 17.1. The molecule has 0 fully saturated rings. The number of aromatic nitrogens is 2. The summed E-state index contributed by atoms with van der Waals surface area (Å²) in [4.78, 5) is 22.5. The van der Waals surface area contributed by atoms with Gasteiger partial charge in [-0.05, 0) is 6.92 Å². The minimum Gasteiger partial charge on any atom is -0.468 e. The molecule has 0 saturated carbocycles. The van der Waals surface area contributed by atoms with Gasteiger partial charge in [0.15, 0.2) is 0 Å². The van der Waals surface area contributed by atoms with Crippen molar-refractivity contribution in [2.24, 2.45) is 7.05 Å². The van der Waals surface area contributed by atoms with E-state index in [2.05, 4.69) is 14.6 Å². The van der Waals surface area contributed by atoms with Crippen molar-refractivity contribution in [2.75, 3.05) is 27.3 Å². The molecule has 11 heteroatoms. The van der Waals surface area contributed by atoms with Crippen LogP contribution in [0.15, 0.2) is 4.90 Å². The van der Waals surface area contributed by atoms with Gasteiger partial charge in [-0.1, -0.05) is 11.6 Å². The summed E-state index contributed by atoms with van der Waals surface area (Å²) in [5.74, 6) is -1.66. The lowest BCUT2D eigenvalue weighted by Gasteiger charge is -2.19. The van der Waals surface area contributed by atoms with Crippen molar-refractivity contribution in [3.63, 3.8) is 0 Å². The second-order valence-electron chi connectivity index (χ2n) is 4.25. The van der Waals surface area contributed by atoms with E-state index in [1.807, 2.05) is 0 Å². The van der Waals surface area contributed by atoms with Gasteiger partial charge in [0.25, 0.3) is 0 Å². The summed E-state index contributed by atoms with van der Waals surface area (Å²) in [6.07, 6.45) is 0. The zero-order valence-electron chi connectivity index (χ0n) is 12.5. The topological polar surface area (TPSA) is 108 Å². The molecule has 0 aliphatic heterocycles. The summed E-state index contributed by atoms with van der Waals surface area (Å²) in [5.41, 5.74) is 0.146. The minimum atomic E-state index is -4.24. The monoisotopic (exact) mass is 353 g/mol. The second-order valence-corrected chi connectivity index (χ2v) is 6.49. The first-order valence-corrected chi connectivity index (χ1v) is 7.79. The minimum absolute atomic E-state index is 0.128. The van der Waals surface area contributed by atoms with Crippen LogP contribution in [-0.2, 0) is 36.1 Å². The smallest absolute Gasteiger partial charge is 0.321 e. The van der Waals surface area contributed by atoms with Gasteiger partial charge >= 0.3 is 11.9 Å². The number of aryl methyl sites for hydroxylation is 2. The van der Waals surface area contributed by atoms with Gasteiger partial charge in [0, 0.05) is 7.05 Å². The third-order valence-electron chi connectivity index (χ3n) is 2.76. The second kappa shape index (κ2) is 7.07. The Bertz CT molecular complexity index is 666. The van der Waals surface area contributed by atoms with Gasteiger partial charge in [-0.25, -0.2) is 8.42 Å². The van der Waals surface area contributed by atoms with Crippen LogP contribution in [0, 0.1) is 6.92 Å². The van der Waals surface area contributed by atoms with Gasteiger partial charge in [-0.15, -0.1) is 0 Å². The molecule has 0 spiro atoms. The summed E-state index contributed by atoms with van der Waals surface area (Å²) in [6, 6.07) is 0. The van der Waals surface area contributed by atoms with E-state index < -0.39 is 35.1 Å². The Hall–Kier alpha value is -1.65. The normalized spacial score (nSPS) is 11.5. The van der Waals surface area contributed by atoms with E-state index in [1.165, 1.54) is 18.7 Å². The average Bonchev–Trinajstić information content (AvgIpc) is 2.71. The predicted octanol–water partition coefficient (Wildman–Crippen LogP) is -0.281. The number of halogens is 1. The summed E-state index contributed by atoms with van der Waals surface area (Å²) in [5, 5.41) is 3.78. The molecule has 1 heterocycles. The van der Waals surface area contributed by atoms with E-state index in [9.17, 15) is 18.0 Å². The van der Waals surface area contributed by atoms with Crippen LogP contribution in [-0.4, -0.2) is 61.8 Å². The average molecular weight is 354 g/mol. The molecule has 1 aromatic heterocycles. The Kier molecular flexibility index (Phi) is 5.92. The summed E-state index contributed by atoms with van der Waals surface area (Å²) >= 11 is 5.95. The van der Waals surface area contributed by atoms with E-state index in [-0.39, 0.29) is 15.7 Å². The van der Waals surface area contributed by atoms with Gasteiger partial charge in [0.05, 0.1) is 19.9 Å². The highest BCUT2D eigenvalue weighted by Crippen LogP contribution is 2.27. The molecular formula is C11H16ClN3O6S. The van der Waals surface area contributed by atoms with E-state index in [0.717, 1.165) is 14.2 Å². The molecule has 0 radical (unpaired) electrons. The lowest BCUT2D eigenvalue weighted by atomic mass is 10.5. The first kappa shape index (κ1) is 18.4. The Balaban J connectivity index is 3.31. The van der Waals surface area contributed by atoms with Crippen LogP contribution in [0.2, 0.25) is 5.15 Å². The van der Waals surface area contributed by atoms with Crippen LogP contribution in [0.25, 0.3) is 0 Å². The number of hydrogen-bond acceptors (Lipinski definition) is 7. The molecule has 0 aliphatic rings. The highest BCUT2D eigenvalue weighted by atomic mass is 35.5. The molecule has 0 N–H and O–H groups in total. The number of methoxy groups -OCH3 is 2. The largest absolute Gasteiger partial charge is 0.468 e. The molecule has 0 unspecified atom stereocenters. The van der Waals surface area contributed by atoms with Crippen LogP contribution in [0.3, 0.4) is 0 Å². The molecule has 9 nitrogen and oxygen atoms in total. The summed E-state index contributed by atoms with van der Waals surface area (Å²) in [6.45, 7) is 0.143. The SMILES string of the molecule is COC(=O)CN(CC(=O)OC)S(=O)(=O)c1c(C)nn(C)c1Cl. The highest BCUT2D eigenvalue weighted by molar-refractivity contribution is 7.89. The van der Waals surface area contributed by atoms with E-state index >= 15 is 0 Å². The molecule has 124 valence electrons. The van der Waals surface area contributed by atoms with Gasteiger partial charge in [0.1, 0.15) is 23.1 Å². The maximum Gasteiger partial charge on any atom is 0.321 e. The maximum atomic E-state index is 12.7. The Morgan fingerprint density at radius 2 is 1.68 bits per heavy atom. The molecule has 0 aliphatic carbocycles. The third-order valence-corrected chi connectivity index (χ3v) is 5.25.